The number of thioether (sulfide) groups is 1. The van der Waals surface area contributed by atoms with E-state index in [0.717, 1.165) is 18.4 Å². The molecule has 0 N–H and O–H groups in total. The summed E-state index contributed by atoms with van der Waals surface area (Å²) in [6, 6.07) is 8.91. The normalized spacial score (nSPS) is 16.0. The first kappa shape index (κ1) is 21.8. The van der Waals surface area contributed by atoms with Gasteiger partial charge in [0.15, 0.2) is 5.16 Å². The molecule has 0 spiro atoms. The quantitative estimate of drug-likeness (QED) is 0.306. The van der Waals surface area contributed by atoms with E-state index in [1.807, 2.05) is 0 Å². The lowest BCUT2D eigenvalue weighted by Crippen LogP contribution is -2.29. The number of benzene rings is 2. The van der Waals surface area contributed by atoms with Crippen molar-refractivity contribution in [2.45, 2.75) is 36.4 Å². The first-order valence-corrected chi connectivity index (χ1v) is 11.1. The van der Waals surface area contributed by atoms with E-state index in [1.54, 1.807) is 28.8 Å². The Morgan fingerprint density at radius 1 is 1.35 bits per heavy atom. The number of aromatic nitrogens is 2. The average molecular weight is 463 g/mol. The van der Waals surface area contributed by atoms with Gasteiger partial charge in [-0.2, -0.15) is 0 Å². The minimum Gasteiger partial charge on any atom is -0.465 e. The minimum absolute atomic E-state index is 0.0555. The van der Waals surface area contributed by atoms with Gasteiger partial charge in [-0.25, -0.2) is 14.2 Å². The lowest BCUT2D eigenvalue weighted by molar-refractivity contribution is 0.0601. The Morgan fingerprint density at radius 3 is 2.90 bits per heavy atom. The highest BCUT2D eigenvalue weighted by Gasteiger charge is 2.21. The fourth-order valence-corrected chi connectivity index (χ4v) is 4.82. The summed E-state index contributed by atoms with van der Waals surface area (Å²) in [4.78, 5) is 29.8. The molecule has 162 valence electrons. The van der Waals surface area contributed by atoms with Crippen LogP contribution in [0.1, 0.15) is 28.8 Å². The highest BCUT2D eigenvalue weighted by Crippen LogP contribution is 2.28. The maximum Gasteiger partial charge on any atom is 0.337 e. The molecule has 6 nitrogen and oxygen atoms in total. The molecule has 0 amide bonds. The molecule has 3 aromatic rings. The molecule has 1 saturated heterocycles. The second-order valence-corrected chi connectivity index (χ2v) is 8.54. The fourth-order valence-electron chi connectivity index (χ4n) is 3.49. The summed E-state index contributed by atoms with van der Waals surface area (Å²) in [7, 11) is 1.30. The Labute approximate surface area is 187 Å². The van der Waals surface area contributed by atoms with E-state index in [2.05, 4.69) is 4.98 Å². The van der Waals surface area contributed by atoms with Crippen LogP contribution in [0.5, 0.6) is 0 Å². The lowest BCUT2D eigenvalue weighted by Gasteiger charge is -2.17. The topological polar surface area (TPSA) is 70.4 Å². The Bertz CT molecular complexity index is 1190. The Kier molecular flexibility index (Phi) is 6.60. The molecule has 2 aromatic carbocycles. The third-order valence-electron chi connectivity index (χ3n) is 5.12. The largest absolute Gasteiger partial charge is 0.465 e. The van der Waals surface area contributed by atoms with Gasteiger partial charge in [0.2, 0.25) is 0 Å². The van der Waals surface area contributed by atoms with Crippen molar-refractivity contribution in [1.29, 1.82) is 0 Å². The number of nitrogens with zero attached hydrogens (tertiary/aromatic N) is 2. The molecule has 9 heteroatoms. The second kappa shape index (κ2) is 9.38. The van der Waals surface area contributed by atoms with Crippen LogP contribution in [0.15, 0.2) is 46.3 Å². The van der Waals surface area contributed by atoms with E-state index in [9.17, 15) is 14.0 Å². The summed E-state index contributed by atoms with van der Waals surface area (Å²) in [5.74, 6) is -0.507. The number of hydrogen-bond acceptors (Lipinski definition) is 6. The third kappa shape index (κ3) is 4.76. The van der Waals surface area contributed by atoms with Gasteiger partial charge >= 0.3 is 5.97 Å². The molecule has 2 heterocycles. The number of methoxy groups -OCH3 is 1. The molecule has 1 aromatic heterocycles. The number of halogens is 2. The molecule has 0 saturated carbocycles. The molecular formula is C22H20ClFN2O4S. The van der Waals surface area contributed by atoms with Crippen molar-refractivity contribution in [3.63, 3.8) is 0 Å². The molecular weight excluding hydrogens is 443 g/mol. The van der Waals surface area contributed by atoms with E-state index >= 15 is 0 Å². The van der Waals surface area contributed by atoms with Gasteiger partial charge in [-0.3, -0.25) is 9.36 Å². The Morgan fingerprint density at radius 2 is 2.19 bits per heavy atom. The maximum absolute atomic E-state index is 13.4. The Hall–Kier alpha value is -2.42. The van der Waals surface area contributed by atoms with Crippen molar-refractivity contribution in [1.82, 2.24) is 9.55 Å². The van der Waals surface area contributed by atoms with E-state index in [4.69, 9.17) is 21.1 Å². The second-order valence-electron chi connectivity index (χ2n) is 7.19. The van der Waals surface area contributed by atoms with Crippen LogP contribution in [0.3, 0.4) is 0 Å². The van der Waals surface area contributed by atoms with Crippen molar-refractivity contribution < 1.29 is 18.7 Å². The van der Waals surface area contributed by atoms with Crippen molar-refractivity contribution in [3.8, 4) is 0 Å². The van der Waals surface area contributed by atoms with Gasteiger partial charge in [0.25, 0.3) is 5.56 Å². The van der Waals surface area contributed by atoms with Crippen LogP contribution in [-0.4, -0.2) is 35.3 Å². The van der Waals surface area contributed by atoms with Crippen LogP contribution in [-0.2, 0) is 21.8 Å². The number of carbonyl (C=O) groups is 1. The predicted molar refractivity (Wildman–Crippen MR) is 117 cm³/mol. The zero-order valence-electron chi connectivity index (χ0n) is 16.8. The Balaban J connectivity index is 1.74. The molecule has 1 aliphatic heterocycles. The number of hydrogen-bond donors (Lipinski definition) is 0. The summed E-state index contributed by atoms with van der Waals surface area (Å²) >= 11 is 7.48. The molecule has 4 rings (SSSR count). The van der Waals surface area contributed by atoms with Crippen LogP contribution < -0.4 is 5.56 Å². The molecule has 0 radical (unpaired) electrons. The van der Waals surface area contributed by atoms with E-state index in [1.165, 1.54) is 31.0 Å². The summed E-state index contributed by atoms with van der Waals surface area (Å²) < 4.78 is 25.5. The SMILES string of the molecule is COC(=O)c1ccc2c(=O)n(CC3CCCO3)c(SCc3ccc(F)cc3Cl)nc2c1. The highest BCUT2D eigenvalue weighted by atomic mass is 35.5. The number of esters is 1. The van der Waals surface area contributed by atoms with Crippen molar-refractivity contribution in [2.75, 3.05) is 13.7 Å². The van der Waals surface area contributed by atoms with Crippen LogP contribution >= 0.6 is 23.4 Å². The zero-order valence-corrected chi connectivity index (χ0v) is 18.3. The van der Waals surface area contributed by atoms with E-state index in [0.29, 0.717) is 45.5 Å². The number of fused-ring (bicyclic) bond motifs is 1. The van der Waals surface area contributed by atoms with Crippen LogP contribution in [0, 0.1) is 5.82 Å². The molecule has 0 bridgehead atoms. The van der Waals surface area contributed by atoms with E-state index < -0.39 is 11.8 Å². The predicted octanol–water partition coefficient (Wildman–Crippen LogP) is 4.45. The fraction of sp³-hybridized carbons (Fsp3) is 0.318. The van der Waals surface area contributed by atoms with Gasteiger partial charge in [-0.05, 0) is 48.7 Å². The maximum atomic E-state index is 13.4. The van der Waals surface area contributed by atoms with Crippen molar-refractivity contribution >= 4 is 40.2 Å². The standard InChI is InChI=1S/C22H20ClFN2O4S/c1-29-21(28)13-5-7-17-19(9-13)25-22(26(20(17)27)11-16-3-2-8-30-16)31-12-14-4-6-15(24)10-18(14)23/h4-7,9-10,16H,2-3,8,11-12H2,1H3. The lowest BCUT2D eigenvalue weighted by atomic mass is 10.1. The van der Waals surface area contributed by atoms with Gasteiger partial charge in [-0.1, -0.05) is 29.4 Å². The summed E-state index contributed by atoms with van der Waals surface area (Å²) in [6.07, 6.45) is 1.77. The summed E-state index contributed by atoms with van der Waals surface area (Å²) in [5, 5.41) is 1.21. The first-order valence-electron chi connectivity index (χ1n) is 9.77. The summed E-state index contributed by atoms with van der Waals surface area (Å²) in [6.45, 7) is 1.07. The first-order chi connectivity index (χ1) is 15.0. The molecule has 1 atom stereocenters. The van der Waals surface area contributed by atoms with E-state index in [-0.39, 0.29) is 11.7 Å². The zero-order chi connectivity index (χ0) is 22.0. The summed E-state index contributed by atoms with van der Waals surface area (Å²) in [5.41, 5.74) is 1.25. The van der Waals surface area contributed by atoms with Crippen LogP contribution in [0.25, 0.3) is 10.9 Å². The number of rotatable bonds is 6. The van der Waals surface area contributed by atoms with Crippen molar-refractivity contribution in [3.05, 3.63) is 68.7 Å². The monoisotopic (exact) mass is 462 g/mol. The van der Waals surface area contributed by atoms with Gasteiger partial charge in [0.1, 0.15) is 5.82 Å². The minimum atomic E-state index is -0.500. The van der Waals surface area contributed by atoms with Crippen LogP contribution in [0.4, 0.5) is 4.39 Å². The highest BCUT2D eigenvalue weighted by molar-refractivity contribution is 7.98. The number of ether oxygens (including phenoxy) is 2. The van der Waals surface area contributed by atoms with Gasteiger partial charge in [-0.15, -0.1) is 0 Å². The van der Waals surface area contributed by atoms with Gasteiger partial charge < -0.3 is 9.47 Å². The molecule has 31 heavy (non-hydrogen) atoms. The molecule has 1 aliphatic rings. The molecule has 1 fully saturated rings. The molecule has 0 aliphatic carbocycles. The van der Waals surface area contributed by atoms with Crippen molar-refractivity contribution in [2.24, 2.45) is 0 Å². The van der Waals surface area contributed by atoms with Crippen LogP contribution in [0.2, 0.25) is 5.02 Å². The van der Waals surface area contributed by atoms with Gasteiger partial charge in [0, 0.05) is 17.4 Å². The van der Waals surface area contributed by atoms with Gasteiger partial charge in [0.05, 0.1) is 36.2 Å². The average Bonchev–Trinajstić information content (AvgIpc) is 3.28. The number of carbonyl (C=O) groups excluding carboxylic acids is 1. The molecule has 1 unspecified atom stereocenters. The third-order valence-corrected chi connectivity index (χ3v) is 6.50. The smallest absolute Gasteiger partial charge is 0.337 e.